The van der Waals surface area contributed by atoms with Gasteiger partial charge in [-0.2, -0.15) is 4.31 Å². The Morgan fingerprint density at radius 3 is 2.68 bits per heavy atom. The van der Waals surface area contributed by atoms with E-state index < -0.39 is 10.0 Å². The van der Waals surface area contributed by atoms with E-state index in [2.05, 4.69) is 34.1 Å². The lowest BCUT2D eigenvalue weighted by molar-refractivity contribution is -0.0860. The van der Waals surface area contributed by atoms with Gasteiger partial charge in [0, 0.05) is 44.6 Å². The molecular formula is C28H31N3O5S. The summed E-state index contributed by atoms with van der Waals surface area (Å²) in [6.07, 6.45) is 7.00. The standard InChI is InChI=1S/C28H31N3O5S/c1-20(23-12-28(13-23)18-31(19-28)37(33,34)25-7-4-9-29-14-25)36-27-17-35-24(11-26(27)32)16-30-10-8-21-5-2-3-6-22(21)15-30/h2-7,9,11,14,17,20,23H,8,10,12-13,15-16,18-19H2,1H3. The lowest BCUT2D eigenvalue weighted by Gasteiger charge is -2.59. The molecule has 1 atom stereocenters. The first-order chi connectivity index (χ1) is 17.8. The van der Waals surface area contributed by atoms with Gasteiger partial charge >= 0.3 is 0 Å². The predicted molar refractivity (Wildman–Crippen MR) is 137 cm³/mol. The lowest BCUT2D eigenvalue weighted by atomic mass is 9.57. The Labute approximate surface area is 216 Å². The van der Waals surface area contributed by atoms with Crippen LogP contribution in [0.5, 0.6) is 5.75 Å². The minimum absolute atomic E-state index is 0.0130. The molecule has 0 bridgehead atoms. The summed E-state index contributed by atoms with van der Waals surface area (Å²) in [5, 5.41) is 0. The molecule has 1 aliphatic carbocycles. The first kappa shape index (κ1) is 24.3. The van der Waals surface area contributed by atoms with Crippen LogP contribution in [0.25, 0.3) is 0 Å². The van der Waals surface area contributed by atoms with Crippen molar-refractivity contribution >= 4 is 10.0 Å². The van der Waals surface area contributed by atoms with Crippen molar-refractivity contribution in [3.05, 3.63) is 88.2 Å². The van der Waals surface area contributed by atoms with Gasteiger partial charge in [0.2, 0.25) is 21.2 Å². The number of aromatic nitrogens is 1. The molecule has 1 unspecified atom stereocenters. The molecule has 2 aliphatic heterocycles. The van der Waals surface area contributed by atoms with E-state index in [0.29, 0.717) is 25.4 Å². The molecule has 9 heteroatoms. The topological polar surface area (TPSA) is 93.0 Å². The third-order valence-corrected chi connectivity index (χ3v) is 9.88. The summed E-state index contributed by atoms with van der Waals surface area (Å²) < 4.78 is 38.8. The summed E-state index contributed by atoms with van der Waals surface area (Å²) in [6, 6.07) is 13.2. The highest BCUT2D eigenvalue weighted by molar-refractivity contribution is 7.89. The summed E-state index contributed by atoms with van der Waals surface area (Å²) in [5.41, 5.74) is 2.56. The summed E-state index contributed by atoms with van der Waals surface area (Å²) >= 11 is 0. The van der Waals surface area contributed by atoms with Gasteiger partial charge in [-0.05, 0) is 60.8 Å². The molecule has 2 fully saturated rings. The van der Waals surface area contributed by atoms with Crippen LogP contribution in [0.1, 0.15) is 36.7 Å². The van der Waals surface area contributed by atoms with Crippen molar-refractivity contribution < 1.29 is 17.6 Å². The monoisotopic (exact) mass is 521 g/mol. The van der Waals surface area contributed by atoms with Gasteiger partial charge in [-0.25, -0.2) is 8.42 Å². The number of rotatable bonds is 7. The van der Waals surface area contributed by atoms with E-state index in [1.165, 1.54) is 34.0 Å². The maximum Gasteiger partial charge on any atom is 0.244 e. The van der Waals surface area contributed by atoms with Crippen LogP contribution in [-0.4, -0.2) is 48.3 Å². The van der Waals surface area contributed by atoms with Crippen molar-refractivity contribution in [3.8, 4) is 5.75 Å². The van der Waals surface area contributed by atoms with Crippen LogP contribution in [0.15, 0.2) is 75.2 Å². The number of hydrogen-bond acceptors (Lipinski definition) is 7. The molecule has 6 rings (SSSR count). The Hall–Kier alpha value is -3.01. The van der Waals surface area contributed by atoms with E-state index >= 15 is 0 Å². The Kier molecular flexibility index (Phi) is 6.17. The van der Waals surface area contributed by atoms with E-state index in [1.54, 1.807) is 18.3 Å². The SMILES string of the molecule is CC(Oc1coc(CN2CCc3ccccc3C2)cc1=O)C1CC2(C1)CN(S(=O)(=O)c1cccnc1)C2. The predicted octanol–water partition coefficient (Wildman–Crippen LogP) is 3.46. The summed E-state index contributed by atoms with van der Waals surface area (Å²) in [6.45, 7) is 5.37. The largest absolute Gasteiger partial charge is 0.483 e. The fourth-order valence-corrected chi connectivity index (χ4v) is 7.61. The molecule has 3 aliphatic rings. The second-order valence-electron chi connectivity index (χ2n) is 10.8. The van der Waals surface area contributed by atoms with Crippen LogP contribution in [-0.2, 0) is 29.5 Å². The molecule has 8 nitrogen and oxygen atoms in total. The molecule has 1 aromatic carbocycles. The van der Waals surface area contributed by atoms with Gasteiger partial charge < -0.3 is 9.15 Å². The number of benzene rings is 1. The molecule has 4 heterocycles. The zero-order valence-corrected chi connectivity index (χ0v) is 21.7. The molecule has 0 N–H and O–H groups in total. The molecule has 2 aromatic heterocycles. The van der Waals surface area contributed by atoms with Gasteiger partial charge in [-0.1, -0.05) is 24.3 Å². The maximum absolute atomic E-state index is 12.8. The number of fused-ring (bicyclic) bond motifs is 1. The summed E-state index contributed by atoms with van der Waals surface area (Å²) in [5.74, 6) is 1.14. The molecule has 194 valence electrons. The number of nitrogens with zero attached hydrogens (tertiary/aromatic N) is 3. The van der Waals surface area contributed by atoms with Gasteiger partial charge in [0.05, 0.1) is 12.6 Å². The van der Waals surface area contributed by atoms with Crippen molar-refractivity contribution in [1.29, 1.82) is 0 Å². The number of hydrogen-bond donors (Lipinski definition) is 0. The second-order valence-corrected chi connectivity index (χ2v) is 12.7. The van der Waals surface area contributed by atoms with Crippen LogP contribution in [0.2, 0.25) is 0 Å². The fraction of sp³-hybridized carbons (Fsp3) is 0.429. The Balaban J connectivity index is 1.01. The summed E-state index contributed by atoms with van der Waals surface area (Å²) in [7, 11) is -3.49. The molecular weight excluding hydrogens is 490 g/mol. The molecule has 37 heavy (non-hydrogen) atoms. The average Bonchev–Trinajstić information content (AvgIpc) is 2.84. The quantitative estimate of drug-likeness (QED) is 0.470. The zero-order chi connectivity index (χ0) is 25.6. The molecule has 1 saturated heterocycles. The Morgan fingerprint density at radius 2 is 1.95 bits per heavy atom. The van der Waals surface area contributed by atoms with Crippen LogP contribution < -0.4 is 10.2 Å². The van der Waals surface area contributed by atoms with E-state index in [1.807, 2.05) is 6.92 Å². The van der Waals surface area contributed by atoms with Gasteiger partial charge in [0.15, 0.2) is 0 Å². The summed E-state index contributed by atoms with van der Waals surface area (Å²) in [4.78, 5) is 19.2. The first-order valence-electron chi connectivity index (χ1n) is 12.8. The van der Waals surface area contributed by atoms with E-state index in [-0.39, 0.29) is 33.5 Å². The van der Waals surface area contributed by atoms with Crippen molar-refractivity contribution in [2.45, 2.75) is 50.3 Å². The number of ether oxygens (including phenoxy) is 1. The first-order valence-corrected chi connectivity index (χ1v) is 14.2. The Bertz CT molecular complexity index is 1440. The molecule has 1 spiro atoms. The number of sulfonamides is 1. The zero-order valence-electron chi connectivity index (χ0n) is 20.9. The van der Waals surface area contributed by atoms with Crippen LogP contribution >= 0.6 is 0 Å². The number of pyridine rings is 1. The minimum Gasteiger partial charge on any atom is -0.483 e. The third-order valence-electron chi connectivity index (χ3n) is 8.10. The molecule has 0 radical (unpaired) electrons. The van der Waals surface area contributed by atoms with Crippen molar-refractivity contribution in [2.75, 3.05) is 19.6 Å². The van der Waals surface area contributed by atoms with Gasteiger partial charge in [-0.3, -0.25) is 14.7 Å². The van der Waals surface area contributed by atoms with Crippen LogP contribution in [0, 0.1) is 11.3 Å². The molecule has 0 amide bonds. The van der Waals surface area contributed by atoms with Gasteiger partial charge in [-0.15, -0.1) is 0 Å². The van der Waals surface area contributed by atoms with E-state index in [0.717, 1.165) is 32.4 Å². The van der Waals surface area contributed by atoms with Crippen molar-refractivity contribution in [2.24, 2.45) is 11.3 Å². The van der Waals surface area contributed by atoms with Crippen LogP contribution in [0.4, 0.5) is 0 Å². The minimum atomic E-state index is -3.49. The fourth-order valence-electron chi connectivity index (χ4n) is 5.98. The highest BCUT2D eigenvalue weighted by atomic mass is 32.2. The lowest BCUT2D eigenvalue weighted by Crippen LogP contribution is -2.64. The second kappa shape index (κ2) is 9.38. The normalized spacial score (nSPS) is 20.6. The van der Waals surface area contributed by atoms with Crippen molar-refractivity contribution in [3.63, 3.8) is 0 Å². The van der Waals surface area contributed by atoms with E-state index in [9.17, 15) is 13.2 Å². The Morgan fingerprint density at radius 1 is 1.16 bits per heavy atom. The van der Waals surface area contributed by atoms with Gasteiger partial charge in [0.25, 0.3) is 0 Å². The maximum atomic E-state index is 12.8. The molecule has 3 aromatic rings. The highest BCUT2D eigenvalue weighted by Crippen LogP contribution is 2.54. The highest BCUT2D eigenvalue weighted by Gasteiger charge is 2.56. The molecule has 1 saturated carbocycles. The van der Waals surface area contributed by atoms with E-state index in [4.69, 9.17) is 9.15 Å². The average molecular weight is 522 g/mol. The smallest absolute Gasteiger partial charge is 0.244 e. The third kappa shape index (κ3) is 4.71. The van der Waals surface area contributed by atoms with Crippen molar-refractivity contribution in [1.82, 2.24) is 14.2 Å². The van der Waals surface area contributed by atoms with Gasteiger partial charge in [0.1, 0.15) is 16.9 Å². The van der Waals surface area contributed by atoms with Crippen LogP contribution in [0.3, 0.4) is 0 Å².